The fraction of sp³-hybridized carbons (Fsp3) is 0.455. The normalized spacial score (nSPS) is 13.2. The van der Waals surface area contributed by atoms with Gasteiger partial charge in [-0.2, -0.15) is 0 Å². The summed E-state index contributed by atoms with van der Waals surface area (Å²) >= 11 is 0. The number of hydrogen-bond acceptors (Lipinski definition) is 3. The number of alkyl halides is 1. The summed E-state index contributed by atoms with van der Waals surface area (Å²) in [7, 11) is 0. The maximum absolute atomic E-state index is 13.3. The third-order valence-electron chi connectivity index (χ3n) is 2.13. The van der Waals surface area contributed by atoms with Crippen LogP contribution in [0.2, 0.25) is 0 Å². The smallest absolute Gasteiger partial charge is 0.252 e. The molecule has 1 atom stereocenters. The molecule has 1 rings (SSSR count). The van der Waals surface area contributed by atoms with Gasteiger partial charge in [-0.1, -0.05) is 0 Å². The molecule has 0 unspecified atom stereocenters. The summed E-state index contributed by atoms with van der Waals surface area (Å²) in [4.78, 5) is 15.3. The zero-order valence-corrected chi connectivity index (χ0v) is 9.27. The average molecular weight is 226 g/mol. The van der Waals surface area contributed by atoms with Crippen molar-refractivity contribution < 1.29 is 14.3 Å². The lowest BCUT2D eigenvalue weighted by Gasteiger charge is -2.22. The SMILES string of the molecule is CC(C)(O)[C@H](F)CNC(=O)c1cccnc1. The van der Waals surface area contributed by atoms with Gasteiger partial charge in [0.25, 0.3) is 5.91 Å². The third-order valence-corrected chi connectivity index (χ3v) is 2.13. The van der Waals surface area contributed by atoms with E-state index in [0.717, 1.165) is 0 Å². The van der Waals surface area contributed by atoms with Gasteiger partial charge in [0, 0.05) is 12.4 Å². The summed E-state index contributed by atoms with van der Waals surface area (Å²) in [5.41, 5.74) is -1.09. The van der Waals surface area contributed by atoms with Gasteiger partial charge in [-0.15, -0.1) is 0 Å². The van der Waals surface area contributed by atoms with Crippen LogP contribution in [0.1, 0.15) is 24.2 Å². The van der Waals surface area contributed by atoms with E-state index in [1.165, 1.54) is 20.0 Å². The molecule has 0 radical (unpaired) electrons. The number of carbonyl (C=O) groups is 1. The zero-order valence-electron chi connectivity index (χ0n) is 9.27. The molecule has 0 fully saturated rings. The molecule has 16 heavy (non-hydrogen) atoms. The van der Waals surface area contributed by atoms with E-state index in [9.17, 15) is 14.3 Å². The van der Waals surface area contributed by atoms with Crippen molar-refractivity contribution in [2.45, 2.75) is 25.6 Å². The van der Waals surface area contributed by atoms with Crippen molar-refractivity contribution in [3.63, 3.8) is 0 Å². The van der Waals surface area contributed by atoms with Gasteiger partial charge < -0.3 is 10.4 Å². The van der Waals surface area contributed by atoms with E-state index in [1.54, 1.807) is 18.3 Å². The summed E-state index contributed by atoms with van der Waals surface area (Å²) in [6.07, 6.45) is 1.44. The quantitative estimate of drug-likeness (QED) is 0.802. The van der Waals surface area contributed by atoms with Gasteiger partial charge in [-0.3, -0.25) is 9.78 Å². The fourth-order valence-electron chi connectivity index (χ4n) is 1.03. The average Bonchev–Trinajstić information content (AvgIpc) is 2.25. The summed E-state index contributed by atoms with van der Waals surface area (Å²) in [5, 5.41) is 11.7. The largest absolute Gasteiger partial charge is 0.387 e. The number of nitrogens with zero attached hydrogens (tertiary/aromatic N) is 1. The number of aromatic nitrogens is 1. The van der Waals surface area contributed by atoms with Crippen LogP contribution in [0.3, 0.4) is 0 Å². The van der Waals surface area contributed by atoms with E-state index in [4.69, 9.17) is 0 Å². The number of nitrogens with one attached hydrogen (secondary N) is 1. The van der Waals surface area contributed by atoms with E-state index >= 15 is 0 Å². The van der Waals surface area contributed by atoms with Crippen LogP contribution in [0.25, 0.3) is 0 Å². The van der Waals surface area contributed by atoms with Crippen LogP contribution >= 0.6 is 0 Å². The Kier molecular flexibility index (Phi) is 3.95. The topological polar surface area (TPSA) is 62.2 Å². The Morgan fingerprint density at radius 1 is 1.69 bits per heavy atom. The maximum atomic E-state index is 13.3. The first-order chi connectivity index (χ1) is 7.41. The van der Waals surface area contributed by atoms with E-state index in [0.29, 0.717) is 5.56 Å². The second-order valence-electron chi connectivity index (χ2n) is 4.07. The van der Waals surface area contributed by atoms with Crippen molar-refractivity contribution in [2.24, 2.45) is 0 Å². The Morgan fingerprint density at radius 3 is 2.88 bits per heavy atom. The zero-order chi connectivity index (χ0) is 12.2. The van der Waals surface area contributed by atoms with Crippen LogP contribution in [0.15, 0.2) is 24.5 Å². The number of hydrogen-bond donors (Lipinski definition) is 2. The molecule has 0 aliphatic rings. The molecule has 1 aromatic rings. The van der Waals surface area contributed by atoms with Gasteiger partial charge in [0.15, 0.2) is 0 Å². The van der Waals surface area contributed by atoms with Crippen LogP contribution in [0, 0.1) is 0 Å². The Hall–Kier alpha value is -1.49. The van der Waals surface area contributed by atoms with Crippen molar-refractivity contribution in [1.82, 2.24) is 10.3 Å². The van der Waals surface area contributed by atoms with Crippen molar-refractivity contribution in [2.75, 3.05) is 6.54 Å². The molecule has 88 valence electrons. The van der Waals surface area contributed by atoms with Gasteiger partial charge in [-0.05, 0) is 26.0 Å². The summed E-state index contributed by atoms with van der Waals surface area (Å²) in [6.45, 7) is 2.49. The number of rotatable bonds is 4. The van der Waals surface area contributed by atoms with E-state index in [1.807, 2.05) is 0 Å². The van der Waals surface area contributed by atoms with Crippen molar-refractivity contribution in [3.8, 4) is 0 Å². The molecular formula is C11H15FN2O2. The second-order valence-corrected chi connectivity index (χ2v) is 4.07. The van der Waals surface area contributed by atoms with Gasteiger partial charge in [-0.25, -0.2) is 4.39 Å². The Balaban J connectivity index is 2.48. The van der Waals surface area contributed by atoms with Gasteiger partial charge >= 0.3 is 0 Å². The first-order valence-electron chi connectivity index (χ1n) is 4.96. The van der Waals surface area contributed by atoms with Gasteiger partial charge in [0.1, 0.15) is 6.17 Å². The Labute approximate surface area is 93.5 Å². The van der Waals surface area contributed by atoms with Crippen molar-refractivity contribution in [1.29, 1.82) is 0 Å². The van der Waals surface area contributed by atoms with Crippen molar-refractivity contribution in [3.05, 3.63) is 30.1 Å². The van der Waals surface area contributed by atoms with Crippen LogP contribution in [0.4, 0.5) is 4.39 Å². The van der Waals surface area contributed by atoms with Gasteiger partial charge in [0.05, 0.1) is 17.7 Å². The lowest BCUT2D eigenvalue weighted by molar-refractivity contribution is -0.00178. The molecule has 0 aliphatic carbocycles. The highest BCUT2D eigenvalue weighted by Crippen LogP contribution is 2.11. The summed E-state index contributed by atoms with van der Waals surface area (Å²) in [6, 6.07) is 3.21. The van der Waals surface area contributed by atoms with E-state index in [-0.39, 0.29) is 6.54 Å². The molecule has 0 aromatic carbocycles. The van der Waals surface area contributed by atoms with Gasteiger partial charge in [0.2, 0.25) is 0 Å². The minimum atomic E-state index is -1.51. The maximum Gasteiger partial charge on any atom is 0.252 e. The minimum Gasteiger partial charge on any atom is -0.387 e. The fourth-order valence-corrected chi connectivity index (χ4v) is 1.03. The predicted molar refractivity (Wildman–Crippen MR) is 57.8 cm³/mol. The Bertz CT molecular complexity index is 349. The second kappa shape index (κ2) is 5.03. The standard InChI is InChI=1S/C11H15FN2O2/c1-11(2,16)9(12)7-14-10(15)8-4-3-5-13-6-8/h3-6,9,16H,7H2,1-2H3,(H,14,15)/t9-/m1/s1. The monoisotopic (exact) mass is 226 g/mol. The molecule has 0 spiro atoms. The van der Waals surface area contributed by atoms with Crippen LogP contribution in [-0.2, 0) is 0 Å². The highest BCUT2D eigenvalue weighted by molar-refractivity contribution is 5.93. The van der Waals surface area contributed by atoms with Crippen LogP contribution in [-0.4, -0.2) is 34.3 Å². The summed E-state index contributed by atoms with van der Waals surface area (Å²) in [5.74, 6) is -0.403. The lowest BCUT2D eigenvalue weighted by atomic mass is 10.0. The lowest BCUT2D eigenvalue weighted by Crippen LogP contribution is -2.42. The Morgan fingerprint density at radius 2 is 2.38 bits per heavy atom. The molecule has 5 heteroatoms. The molecule has 0 aliphatic heterocycles. The number of carbonyl (C=O) groups excluding carboxylic acids is 1. The molecule has 1 heterocycles. The molecule has 2 N–H and O–H groups in total. The van der Waals surface area contributed by atoms with E-state index in [2.05, 4.69) is 10.3 Å². The van der Waals surface area contributed by atoms with Crippen molar-refractivity contribution >= 4 is 5.91 Å². The van der Waals surface area contributed by atoms with Crippen LogP contribution < -0.4 is 5.32 Å². The third kappa shape index (κ3) is 3.58. The molecule has 4 nitrogen and oxygen atoms in total. The first-order valence-corrected chi connectivity index (χ1v) is 4.96. The number of amides is 1. The number of halogens is 1. The number of pyridine rings is 1. The molecule has 0 bridgehead atoms. The predicted octanol–water partition coefficient (Wildman–Crippen LogP) is 0.920. The van der Waals surface area contributed by atoms with Crippen LogP contribution in [0.5, 0.6) is 0 Å². The molecule has 0 saturated heterocycles. The number of aliphatic hydroxyl groups is 1. The molecule has 1 aromatic heterocycles. The minimum absolute atomic E-state index is 0.225. The molecular weight excluding hydrogens is 211 g/mol. The molecule has 0 saturated carbocycles. The highest BCUT2D eigenvalue weighted by atomic mass is 19.1. The van der Waals surface area contributed by atoms with E-state index < -0.39 is 17.7 Å². The highest BCUT2D eigenvalue weighted by Gasteiger charge is 2.26. The summed E-state index contributed by atoms with van der Waals surface area (Å²) < 4.78 is 13.3. The molecule has 1 amide bonds. The first kappa shape index (κ1) is 12.6.